The van der Waals surface area contributed by atoms with Crippen LogP contribution >= 0.6 is 0 Å². The Hall–Kier alpha value is -1.70. The number of nitrogens with zero attached hydrogens (tertiary/aromatic N) is 2. The molecule has 1 aromatic heterocycles. The zero-order chi connectivity index (χ0) is 13.7. The van der Waals surface area contributed by atoms with Gasteiger partial charge in [0.25, 0.3) is 0 Å². The maximum absolute atomic E-state index is 10.9. The van der Waals surface area contributed by atoms with Gasteiger partial charge in [0, 0.05) is 34.9 Å². The monoisotopic (exact) mass is 272 g/mol. The second kappa shape index (κ2) is 6.29. The van der Waals surface area contributed by atoms with Crippen LogP contribution in [0.2, 0.25) is 0 Å². The van der Waals surface area contributed by atoms with Crippen molar-refractivity contribution in [3.63, 3.8) is 0 Å². The fourth-order valence-electron chi connectivity index (χ4n) is 1.37. The maximum atomic E-state index is 10.9. The van der Waals surface area contributed by atoms with E-state index in [-0.39, 0.29) is 17.5 Å². The van der Waals surface area contributed by atoms with E-state index in [1.807, 2.05) is 6.92 Å². The number of hydrogen-bond donors (Lipinski definition) is 2. The molecule has 0 radical (unpaired) electrons. The third kappa shape index (κ3) is 4.28. The molecule has 1 rings (SSSR count). The minimum atomic E-state index is -0.833. The Labute approximate surface area is 107 Å². The molecule has 100 valence electrons. The Balaban J connectivity index is 2.65. The van der Waals surface area contributed by atoms with Crippen LogP contribution < -0.4 is 11.1 Å². The first-order valence-electron chi connectivity index (χ1n) is 5.37. The number of nitrogens with two attached hydrogens (primary N) is 1. The molecule has 0 saturated heterocycles. The minimum Gasteiger partial charge on any atom is -0.378 e. The number of pyridine rings is 1. The van der Waals surface area contributed by atoms with E-state index in [0.29, 0.717) is 11.6 Å². The molecule has 2 unspecified atom stereocenters. The molecule has 1 aromatic rings. The van der Waals surface area contributed by atoms with Crippen LogP contribution in [0.25, 0.3) is 0 Å². The van der Waals surface area contributed by atoms with Gasteiger partial charge in [0.05, 0.1) is 4.92 Å². The third-order valence-electron chi connectivity index (χ3n) is 2.33. The largest absolute Gasteiger partial charge is 0.378 e. The van der Waals surface area contributed by atoms with Crippen LogP contribution in [-0.4, -0.2) is 32.2 Å². The second-order valence-electron chi connectivity index (χ2n) is 3.97. The van der Waals surface area contributed by atoms with Crippen molar-refractivity contribution in [2.45, 2.75) is 19.4 Å². The summed E-state index contributed by atoms with van der Waals surface area (Å²) in [6.45, 7) is 1.92. The van der Waals surface area contributed by atoms with Crippen molar-refractivity contribution in [3.8, 4) is 0 Å². The number of nitro groups is 1. The molecule has 7 nitrogen and oxygen atoms in total. The van der Waals surface area contributed by atoms with Gasteiger partial charge in [-0.1, -0.05) is 0 Å². The van der Waals surface area contributed by atoms with Crippen molar-refractivity contribution in [2.24, 2.45) is 0 Å². The van der Waals surface area contributed by atoms with Crippen molar-refractivity contribution in [3.05, 3.63) is 22.2 Å². The molecular weight excluding hydrogens is 256 g/mol. The molecule has 0 aliphatic heterocycles. The molecule has 3 N–H and O–H groups in total. The van der Waals surface area contributed by atoms with Crippen molar-refractivity contribution < 1.29 is 9.13 Å². The highest BCUT2D eigenvalue weighted by atomic mass is 32.2. The average Bonchev–Trinajstić information content (AvgIpc) is 2.26. The van der Waals surface area contributed by atoms with Crippen LogP contribution in [0, 0.1) is 10.1 Å². The summed E-state index contributed by atoms with van der Waals surface area (Å²) in [4.78, 5) is 13.9. The van der Waals surface area contributed by atoms with Gasteiger partial charge in [0.15, 0.2) is 0 Å². The summed E-state index contributed by atoms with van der Waals surface area (Å²) in [6.07, 6.45) is 2.37. The Bertz CT molecular complexity index is 466. The van der Waals surface area contributed by atoms with Gasteiger partial charge in [-0.05, 0) is 19.4 Å². The van der Waals surface area contributed by atoms with Gasteiger partial charge in [-0.2, -0.15) is 0 Å². The quantitative estimate of drug-likeness (QED) is 0.593. The van der Waals surface area contributed by atoms with Crippen LogP contribution in [0.1, 0.15) is 13.3 Å². The maximum Gasteiger partial charge on any atom is 0.311 e. The van der Waals surface area contributed by atoms with Crippen LogP contribution in [0.3, 0.4) is 0 Å². The van der Waals surface area contributed by atoms with Gasteiger partial charge >= 0.3 is 5.69 Å². The molecule has 0 amide bonds. The van der Waals surface area contributed by atoms with Gasteiger partial charge in [-0.15, -0.1) is 0 Å². The summed E-state index contributed by atoms with van der Waals surface area (Å²) in [5.74, 6) is 0.958. The molecule has 0 spiro atoms. The summed E-state index contributed by atoms with van der Waals surface area (Å²) in [6, 6.07) is 2.89. The molecule has 0 fully saturated rings. The molecule has 1 heterocycles. The summed E-state index contributed by atoms with van der Waals surface area (Å²) < 4.78 is 10.9. The molecule has 0 aliphatic carbocycles. The molecule has 2 atom stereocenters. The van der Waals surface area contributed by atoms with E-state index < -0.39 is 15.7 Å². The Kier molecular flexibility index (Phi) is 5.02. The fourth-order valence-corrected chi connectivity index (χ4v) is 2.06. The first-order valence-corrected chi connectivity index (χ1v) is 7.10. The average molecular weight is 272 g/mol. The van der Waals surface area contributed by atoms with Crippen LogP contribution in [-0.2, 0) is 10.8 Å². The predicted molar refractivity (Wildman–Crippen MR) is 71.9 cm³/mol. The molecule has 0 aliphatic rings. The normalized spacial score (nSPS) is 13.9. The van der Waals surface area contributed by atoms with Gasteiger partial charge in [0.1, 0.15) is 5.82 Å². The van der Waals surface area contributed by atoms with Crippen LogP contribution in [0.15, 0.2) is 12.1 Å². The molecule has 18 heavy (non-hydrogen) atoms. The summed E-state index contributed by atoms with van der Waals surface area (Å²) in [7, 11) is -0.833. The molecule has 0 bridgehead atoms. The zero-order valence-corrected chi connectivity index (χ0v) is 11.1. The zero-order valence-electron chi connectivity index (χ0n) is 10.3. The Morgan fingerprint density at radius 3 is 2.78 bits per heavy atom. The first kappa shape index (κ1) is 14.4. The number of nitrogen functional groups attached to an aromatic ring is 1. The van der Waals surface area contributed by atoms with Crippen LogP contribution in [0.4, 0.5) is 17.3 Å². The Morgan fingerprint density at radius 1 is 1.61 bits per heavy atom. The summed E-state index contributed by atoms with van der Waals surface area (Å²) in [5.41, 5.74) is 5.27. The number of nitrogens with one attached hydrogen (secondary N) is 1. The predicted octanol–water partition coefficient (Wildman–Crippen LogP) is 1.14. The van der Waals surface area contributed by atoms with E-state index in [9.17, 15) is 14.3 Å². The number of anilines is 2. The number of rotatable bonds is 6. The minimum absolute atomic E-state index is 0.0715. The van der Waals surface area contributed by atoms with E-state index in [4.69, 9.17) is 5.73 Å². The molecule has 0 saturated carbocycles. The van der Waals surface area contributed by atoms with Gasteiger partial charge in [0.2, 0.25) is 5.82 Å². The van der Waals surface area contributed by atoms with Crippen LogP contribution in [0.5, 0.6) is 0 Å². The summed E-state index contributed by atoms with van der Waals surface area (Å²) in [5, 5.41) is 13.6. The lowest BCUT2D eigenvalue weighted by Gasteiger charge is -2.13. The van der Waals surface area contributed by atoms with E-state index in [2.05, 4.69) is 10.3 Å². The van der Waals surface area contributed by atoms with Crippen molar-refractivity contribution in [1.29, 1.82) is 0 Å². The number of hydrogen-bond acceptors (Lipinski definition) is 6. The fraction of sp³-hybridized carbons (Fsp3) is 0.500. The van der Waals surface area contributed by atoms with Crippen molar-refractivity contribution in [2.75, 3.05) is 23.1 Å². The van der Waals surface area contributed by atoms with Gasteiger partial charge < -0.3 is 11.1 Å². The SMILES string of the molecule is CC(CCS(C)=O)Nc1ccc([N+](=O)[O-])c(N)n1. The van der Waals surface area contributed by atoms with Crippen molar-refractivity contribution in [1.82, 2.24) is 4.98 Å². The summed E-state index contributed by atoms with van der Waals surface area (Å²) >= 11 is 0. The van der Waals surface area contributed by atoms with E-state index in [0.717, 1.165) is 6.42 Å². The highest BCUT2D eigenvalue weighted by Gasteiger charge is 2.13. The number of aromatic nitrogens is 1. The standard InChI is InChI=1S/C10H16N4O3S/c1-7(5-6-18(2)17)12-9-4-3-8(14(15)16)10(11)13-9/h3-4,7H,5-6H2,1-2H3,(H3,11,12,13). The molecule has 0 aromatic carbocycles. The molecular formula is C10H16N4O3S. The lowest BCUT2D eigenvalue weighted by molar-refractivity contribution is -0.384. The lowest BCUT2D eigenvalue weighted by atomic mass is 10.2. The Morgan fingerprint density at radius 2 is 2.28 bits per heavy atom. The smallest absolute Gasteiger partial charge is 0.311 e. The second-order valence-corrected chi connectivity index (χ2v) is 5.52. The van der Waals surface area contributed by atoms with E-state index in [1.165, 1.54) is 12.1 Å². The lowest BCUT2D eigenvalue weighted by Crippen LogP contribution is -2.19. The first-order chi connectivity index (χ1) is 8.40. The van der Waals surface area contributed by atoms with Gasteiger partial charge in [-0.3, -0.25) is 14.3 Å². The van der Waals surface area contributed by atoms with Crippen molar-refractivity contribution >= 4 is 28.1 Å². The molecule has 8 heteroatoms. The topological polar surface area (TPSA) is 111 Å². The van der Waals surface area contributed by atoms with Gasteiger partial charge in [-0.25, -0.2) is 4.98 Å². The highest BCUT2D eigenvalue weighted by molar-refractivity contribution is 7.84. The van der Waals surface area contributed by atoms with E-state index >= 15 is 0 Å². The third-order valence-corrected chi connectivity index (χ3v) is 3.14. The highest BCUT2D eigenvalue weighted by Crippen LogP contribution is 2.21. The van der Waals surface area contributed by atoms with E-state index in [1.54, 1.807) is 6.26 Å².